The zero-order valence-electron chi connectivity index (χ0n) is 14.9. The van der Waals surface area contributed by atoms with Crippen molar-refractivity contribution in [3.8, 4) is 0 Å². The van der Waals surface area contributed by atoms with Crippen LogP contribution in [0.2, 0.25) is 0 Å². The number of carbonyl (C=O) groups excluding carboxylic acids is 2. The summed E-state index contributed by atoms with van der Waals surface area (Å²) in [5.74, 6) is -0.0552. The molecule has 142 valence electrons. The second kappa shape index (κ2) is 7.88. The molecule has 3 amide bonds. The Balaban J connectivity index is 1.39. The molecule has 3 rings (SSSR count). The fourth-order valence-corrected chi connectivity index (χ4v) is 3.58. The normalized spacial score (nSPS) is 34.5. The van der Waals surface area contributed by atoms with Crippen LogP contribution in [0, 0.1) is 0 Å². The highest BCUT2D eigenvalue weighted by Crippen LogP contribution is 2.35. The topological polar surface area (TPSA) is 109 Å². The molecule has 2 heterocycles. The van der Waals surface area contributed by atoms with Crippen molar-refractivity contribution in [1.82, 2.24) is 16.0 Å². The van der Waals surface area contributed by atoms with E-state index in [9.17, 15) is 14.7 Å². The molecule has 4 N–H and O–H groups in total. The van der Waals surface area contributed by atoms with Gasteiger partial charge in [0, 0.05) is 25.0 Å². The largest absolute Gasteiger partial charge is 0.388 e. The highest BCUT2D eigenvalue weighted by atomic mass is 16.6. The number of aliphatic hydroxyl groups excluding tert-OH is 1. The van der Waals surface area contributed by atoms with Crippen LogP contribution in [0.1, 0.15) is 46.0 Å². The van der Waals surface area contributed by atoms with E-state index >= 15 is 0 Å². The van der Waals surface area contributed by atoms with E-state index in [0.717, 1.165) is 19.3 Å². The van der Waals surface area contributed by atoms with Crippen LogP contribution in [0.15, 0.2) is 0 Å². The van der Waals surface area contributed by atoms with Gasteiger partial charge in [0.2, 0.25) is 5.91 Å². The summed E-state index contributed by atoms with van der Waals surface area (Å²) in [6, 6.07) is 0.147. The molecule has 3 aliphatic rings. The second-order valence-corrected chi connectivity index (χ2v) is 7.57. The van der Waals surface area contributed by atoms with Gasteiger partial charge in [-0.15, -0.1) is 0 Å². The number of carbonyl (C=O) groups is 2. The summed E-state index contributed by atoms with van der Waals surface area (Å²) in [7, 11) is 0. The van der Waals surface area contributed by atoms with Crippen LogP contribution < -0.4 is 16.0 Å². The van der Waals surface area contributed by atoms with Crippen LogP contribution in [-0.2, 0) is 14.3 Å². The Bertz CT molecular complexity index is 497. The van der Waals surface area contributed by atoms with Crippen molar-refractivity contribution < 1.29 is 24.2 Å². The zero-order valence-corrected chi connectivity index (χ0v) is 14.9. The van der Waals surface area contributed by atoms with Gasteiger partial charge in [-0.05, 0) is 33.1 Å². The summed E-state index contributed by atoms with van der Waals surface area (Å²) >= 11 is 0. The predicted molar refractivity (Wildman–Crippen MR) is 90.0 cm³/mol. The Morgan fingerprint density at radius 3 is 2.60 bits per heavy atom. The Labute approximate surface area is 148 Å². The van der Waals surface area contributed by atoms with Crippen molar-refractivity contribution in [2.75, 3.05) is 6.54 Å². The minimum atomic E-state index is -0.799. The summed E-state index contributed by atoms with van der Waals surface area (Å²) in [4.78, 5) is 23.6. The summed E-state index contributed by atoms with van der Waals surface area (Å²) in [5, 5.41) is 18.9. The average molecular weight is 355 g/mol. The number of nitrogens with one attached hydrogen (secondary N) is 3. The van der Waals surface area contributed by atoms with Crippen LogP contribution in [0.3, 0.4) is 0 Å². The molecule has 2 aliphatic heterocycles. The van der Waals surface area contributed by atoms with Crippen LogP contribution >= 0.6 is 0 Å². The number of fused-ring (bicyclic) bond motifs is 1. The maximum atomic E-state index is 11.8. The molecular weight excluding hydrogens is 326 g/mol. The molecule has 0 radical (unpaired) electrons. The van der Waals surface area contributed by atoms with Gasteiger partial charge in [0.15, 0.2) is 0 Å². The molecule has 0 aromatic heterocycles. The lowest BCUT2D eigenvalue weighted by Gasteiger charge is -2.27. The monoisotopic (exact) mass is 355 g/mol. The van der Waals surface area contributed by atoms with Gasteiger partial charge in [-0.1, -0.05) is 0 Å². The van der Waals surface area contributed by atoms with E-state index in [-0.39, 0.29) is 49.2 Å². The van der Waals surface area contributed by atoms with Gasteiger partial charge in [-0.2, -0.15) is 0 Å². The van der Waals surface area contributed by atoms with E-state index < -0.39 is 18.3 Å². The number of aliphatic hydroxyl groups is 1. The number of hydrogen-bond donors (Lipinski definition) is 4. The third-order valence-corrected chi connectivity index (χ3v) is 5.05. The van der Waals surface area contributed by atoms with Crippen LogP contribution in [0.25, 0.3) is 0 Å². The molecule has 25 heavy (non-hydrogen) atoms. The molecule has 1 aliphatic carbocycles. The van der Waals surface area contributed by atoms with Crippen LogP contribution in [0.5, 0.6) is 0 Å². The van der Waals surface area contributed by atoms with E-state index in [4.69, 9.17) is 9.47 Å². The molecule has 0 spiro atoms. The third-order valence-electron chi connectivity index (χ3n) is 5.05. The van der Waals surface area contributed by atoms with Crippen LogP contribution in [0.4, 0.5) is 4.79 Å². The predicted octanol–water partition coefficient (Wildman–Crippen LogP) is 0.0386. The molecule has 0 aromatic carbocycles. The first-order chi connectivity index (χ1) is 11.9. The second-order valence-electron chi connectivity index (χ2n) is 7.57. The van der Waals surface area contributed by atoms with Gasteiger partial charge in [0.05, 0.1) is 18.6 Å². The van der Waals surface area contributed by atoms with Crippen molar-refractivity contribution in [2.45, 2.75) is 88.6 Å². The third kappa shape index (κ3) is 4.62. The minimum absolute atomic E-state index is 0.0552. The number of amides is 3. The highest BCUT2D eigenvalue weighted by molar-refractivity contribution is 5.76. The summed E-state index contributed by atoms with van der Waals surface area (Å²) in [6.45, 7) is 4.07. The van der Waals surface area contributed by atoms with E-state index in [1.807, 2.05) is 13.8 Å². The van der Waals surface area contributed by atoms with Crippen molar-refractivity contribution in [3.05, 3.63) is 0 Å². The fraction of sp³-hybridized carbons (Fsp3) is 0.882. The van der Waals surface area contributed by atoms with Gasteiger partial charge in [-0.3, -0.25) is 4.79 Å². The molecular formula is C17H29N3O5. The lowest BCUT2D eigenvalue weighted by molar-refractivity contribution is -0.125. The van der Waals surface area contributed by atoms with E-state index in [1.54, 1.807) is 0 Å². The van der Waals surface area contributed by atoms with Crippen molar-refractivity contribution in [2.24, 2.45) is 0 Å². The zero-order chi connectivity index (χ0) is 18.0. The highest BCUT2D eigenvalue weighted by Gasteiger charge is 2.50. The number of rotatable bonds is 6. The molecule has 8 heteroatoms. The number of hydrogen-bond acceptors (Lipinski definition) is 5. The lowest BCUT2D eigenvalue weighted by Crippen LogP contribution is -2.48. The molecule has 1 saturated carbocycles. The van der Waals surface area contributed by atoms with Crippen LogP contribution in [-0.4, -0.2) is 66.2 Å². The van der Waals surface area contributed by atoms with Gasteiger partial charge >= 0.3 is 6.03 Å². The standard InChI is InChI=1S/C17H29N3O5/c1-9(2)19-14(21)7-11-6-12-16(24-11)15(22)13(25-12)8-18-17(23)20-10-4-3-5-10/h9-13,15-16,22H,3-8H2,1-2H3,(H,19,21)(H2,18,20,23)/t11-,12+,13+,15+,16-/m0/s1. The Morgan fingerprint density at radius 1 is 1.24 bits per heavy atom. The average Bonchev–Trinajstić information content (AvgIpc) is 2.99. The van der Waals surface area contributed by atoms with Gasteiger partial charge in [-0.25, -0.2) is 4.79 Å². The first-order valence-electron chi connectivity index (χ1n) is 9.25. The summed E-state index contributed by atoms with van der Waals surface area (Å²) in [5.41, 5.74) is 0. The fourth-order valence-electron chi connectivity index (χ4n) is 3.58. The summed E-state index contributed by atoms with van der Waals surface area (Å²) < 4.78 is 11.7. The molecule has 3 fully saturated rings. The molecule has 0 aromatic rings. The van der Waals surface area contributed by atoms with E-state index in [2.05, 4.69) is 16.0 Å². The first-order valence-corrected chi connectivity index (χ1v) is 9.25. The quantitative estimate of drug-likeness (QED) is 0.538. The Morgan fingerprint density at radius 2 is 2.00 bits per heavy atom. The van der Waals surface area contributed by atoms with Gasteiger partial charge in [0.25, 0.3) is 0 Å². The number of urea groups is 1. The van der Waals surface area contributed by atoms with Gasteiger partial charge in [0.1, 0.15) is 18.3 Å². The Kier molecular flexibility index (Phi) is 5.81. The Hall–Kier alpha value is -1.38. The van der Waals surface area contributed by atoms with E-state index in [1.165, 1.54) is 0 Å². The van der Waals surface area contributed by atoms with Gasteiger partial charge < -0.3 is 30.5 Å². The van der Waals surface area contributed by atoms with Crippen molar-refractivity contribution >= 4 is 11.9 Å². The SMILES string of the molecule is CC(C)NC(=O)C[C@@H]1C[C@H]2O[C@H](CNC(=O)NC3CCC3)[C@@H](O)[C@H]2O1. The minimum Gasteiger partial charge on any atom is -0.388 e. The maximum Gasteiger partial charge on any atom is 0.315 e. The number of ether oxygens (including phenoxy) is 2. The molecule has 0 unspecified atom stereocenters. The van der Waals surface area contributed by atoms with Crippen molar-refractivity contribution in [1.29, 1.82) is 0 Å². The maximum absolute atomic E-state index is 11.8. The molecule has 0 bridgehead atoms. The van der Waals surface area contributed by atoms with Crippen molar-refractivity contribution in [3.63, 3.8) is 0 Å². The first kappa shape index (κ1) is 18.4. The molecule has 8 nitrogen and oxygen atoms in total. The smallest absolute Gasteiger partial charge is 0.315 e. The molecule has 5 atom stereocenters. The lowest BCUT2D eigenvalue weighted by atomic mass is 9.93. The molecule has 2 saturated heterocycles. The van der Waals surface area contributed by atoms with E-state index in [0.29, 0.717) is 6.42 Å². The summed E-state index contributed by atoms with van der Waals surface area (Å²) in [6.07, 6.45) is 1.89.